The number of rotatable bonds is 9. The predicted molar refractivity (Wildman–Crippen MR) is 109 cm³/mol. The molecule has 0 saturated carbocycles. The molecule has 1 saturated heterocycles. The lowest BCUT2D eigenvalue weighted by molar-refractivity contribution is -0.125. The Morgan fingerprint density at radius 3 is 2.53 bits per heavy atom. The van der Waals surface area contributed by atoms with Gasteiger partial charge in [0, 0.05) is 19.2 Å². The zero-order valence-corrected chi connectivity index (χ0v) is 16.6. The van der Waals surface area contributed by atoms with E-state index in [-0.39, 0.29) is 11.8 Å². The first-order valence-corrected chi connectivity index (χ1v) is 9.78. The van der Waals surface area contributed by atoms with Crippen LogP contribution in [0, 0.1) is 5.92 Å². The van der Waals surface area contributed by atoms with Gasteiger partial charge in [0.2, 0.25) is 5.91 Å². The number of carbonyl (C=O) groups excluding carboxylic acids is 1. The fraction of sp³-hybridized carbons (Fsp3) is 0.350. The summed E-state index contributed by atoms with van der Waals surface area (Å²) in [6, 6.07) is 9.26. The summed E-state index contributed by atoms with van der Waals surface area (Å²) in [4.78, 5) is 26.7. The second-order valence-corrected chi connectivity index (χ2v) is 6.72. The van der Waals surface area contributed by atoms with E-state index in [9.17, 15) is 4.79 Å². The van der Waals surface area contributed by atoms with Crippen molar-refractivity contribution in [3.8, 4) is 17.3 Å². The molecule has 0 bridgehead atoms. The van der Waals surface area contributed by atoms with Crippen molar-refractivity contribution < 1.29 is 14.3 Å². The number of carbonyl (C=O) groups is 1. The van der Waals surface area contributed by atoms with Crippen molar-refractivity contribution in [3.05, 3.63) is 49.3 Å². The molecule has 3 heterocycles. The van der Waals surface area contributed by atoms with Gasteiger partial charge in [-0.25, -0.2) is 19.6 Å². The molecule has 1 aliphatic heterocycles. The molecular formula is C20H23N7O3. The van der Waals surface area contributed by atoms with E-state index in [1.54, 1.807) is 11.0 Å². The van der Waals surface area contributed by atoms with E-state index in [0.717, 1.165) is 17.3 Å². The fourth-order valence-electron chi connectivity index (χ4n) is 3.08. The molecule has 156 valence electrons. The zero-order valence-electron chi connectivity index (χ0n) is 16.6. The molecule has 3 aromatic rings. The first-order valence-electron chi connectivity index (χ1n) is 9.78. The van der Waals surface area contributed by atoms with Gasteiger partial charge in [-0.2, -0.15) is 5.10 Å². The summed E-state index contributed by atoms with van der Waals surface area (Å²) in [6.07, 6.45) is 4.51. The summed E-state index contributed by atoms with van der Waals surface area (Å²) in [5.74, 6) is 2.90. The van der Waals surface area contributed by atoms with E-state index in [2.05, 4.69) is 25.4 Å². The van der Waals surface area contributed by atoms with Crippen molar-refractivity contribution in [3.63, 3.8) is 0 Å². The highest BCUT2D eigenvalue weighted by Gasteiger charge is 2.33. The van der Waals surface area contributed by atoms with Crippen LogP contribution in [0.3, 0.4) is 0 Å². The van der Waals surface area contributed by atoms with Gasteiger partial charge in [0.1, 0.15) is 42.9 Å². The smallest absolute Gasteiger partial charge is 0.226 e. The maximum absolute atomic E-state index is 12.3. The van der Waals surface area contributed by atoms with Crippen molar-refractivity contribution >= 4 is 11.7 Å². The molecule has 10 nitrogen and oxygen atoms in total. The van der Waals surface area contributed by atoms with Crippen LogP contribution < -0.4 is 19.7 Å². The third-order valence-electron chi connectivity index (χ3n) is 4.67. The normalized spacial score (nSPS) is 13.6. The Morgan fingerprint density at radius 2 is 1.83 bits per heavy atom. The first-order chi connectivity index (χ1) is 14.7. The van der Waals surface area contributed by atoms with Gasteiger partial charge in [0.25, 0.3) is 0 Å². The second-order valence-electron chi connectivity index (χ2n) is 6.72. The number of nitrogens with zero attached hydrogens (tertiary/aromatic N) is 6. The summed E-state index contributed by atoms with van der Waals surface area (Å²) >= 11 is 0. The quantitative estimate of drug-likeness (QED) is 0.524. The molecule has 0 aliphatic carbocycles. The third-order valence-corrected chi connectivity index (χ3v) is 4.67. The van der Waals surface area contributed by atoms with Crippen molar-refractivity contribution in [1.29, 1.82) is 0 Å². The Labute approximate surface area is 173 Å². The Kier molecular flexibility index (Phi) is 6.02. The molecule has 1 aromatic carbocycles. The van der Waals surface area contributed by atoms with Gasteiger partial charge in [-0.3, -0.25) is 4.79 Å². The van der Waals surface area contributed by atoms with Gasteiger partial charge in [0.15, 0.2) is 5.82 Å². The summed E-state index contributed by atoms with van der Waals surface area (Å²) in [6.45, 7) is 4.65. The highest BCUT2D eigenvalue weighted by Crippen LogP contribution is 2.23. The minimum atomic E-state index is -0.0692. The number of aromatic nitrogens is 5. The highest BCUT2D eigenvalue weighted by atomic mass is 16.5. The van der Waals surface area contributed by atoms with Gasteiger partial charge in [-0.15, -0.1) is 0 Å². The van der Waals surface area contributed by atoms with Crippen molar-refractivity contribution in [2.75, 3.05) is 37.7 Å². The van der Waals surface area contributed by atoms with Crippen LogP contribution in [0.15, 0.2) is 49.3 Å². The lowest BCUT2D eigenvalue weighted by Gasteiger charge is -2.39. The van der Waals surface area contributed by atoms with E-state index >= 15 is 0 Å². The topological polar surface area (TPSA) is 107 Å². The number of ether oxygens (including phenoxy) is 2. The largest absolute Gasteiger partial charge is 0.494 e. The number of amides is 1. The van der Waals surface area contributed by atoms with Crippen LogP contribution in [0.2, 0.25) is 0 Å². The third kappa shape index (κ3) is 4.65. The molecule has 1 fully saturated rings. The fourth-order valence-corrected chi connectivity index (χ4v) is 3.08. The zero-order chi connectivity index (χ0) is 20.8. The molecule has 10 heteroatoms. The van der Waals surface area contributed by atoms with Gasteiger partial charge in [-0.1, -0.05) is 0 Å². The van der Waals surface area contributed by atoms with E-state index in [1.807, 2.05) is 42.2 Å². The SMILES string of the molecule is CCOc1ccc(OCCNC(=O)C2CN(c3cc(-n4cncn4)ncn3)C2)cc1. The van der Waals surface area contributed by atoms with Gasteiger partial charge in [-0.05, 0) is 31.2 Å². The number of nitrogens with one attached hydrogen (secondary N) is 1. The lowest BCUT2D eigenvalue weighted by Crippen LogP contribution is -2.54. The summed E-state index contributed by atoms with van der Waals surface area (Å²) < 4.78 is 12.6. The Bertz CT molecular complexity index is 957. The minimum absolute atomic E-state index is 0.0205. The summed E-state index contributed by atoms with van der Waals surface area (Å²) in [7, 11) is 0. The van der Waals surface area contributed by atoms with E-state index in [1.165, 1.54) is 12.7 Å². The second kappa shape index (κ2) is 9.21. The number of hydrogen-bond acceptors (Lipinski definition) is 8. The summed E-state index contributed by atoms with van der Waals surface area (Å²) in [5.41, 5.74) is 0. The van der Waals surface area contributed by atoms with Gasteiger partial charge < -0.3 is 19.7 Å². The average Bonchev–Trinajstić information content (AvgIpc) is 3.27. The van der Waals surface area contributed by atoms with Crippen molar-refractivity contribution in [2.45, 2.75) is 6.92 Å². The van der Waals surface area contributed by atoms with Crippen LogP contribution in [0.5, 0.6) is 11.5 Å². The van der Waals surface area contributed by atoms with E-state index in [0.29, 0.717) is 38.7 Å². The van der Waals surface area contributed by atoms with Crippen LogP contribution in [-0.2, 0) is 4.79 Å². The molecule has 2 aromatic heterocycles. The Morgan fingerprint density at radius 1 is 1.10 bits per heavy atom. The van der Waals surface area contributed by atoms with E-state index < -0.39 is 0 Å². The highest BCUT2D eigenvalue weighted by molar-refractivity contribution is 5.81. The van der Waals surface area contributed by atoms with E-state index in [4.69, 9.17) is 9.47 Å². The number of hydrogen-bond donors (Lipinski definition) is 1. The van der Waals surface area contributed by atoms with Crippen molar-refractivity contribution in [2.24, 2.45) is 5.92 Å². The Balaban J connectivity index is 1.18. The number of anilines is 1. The molecule has 0 atom stereocenters. The summed E-state index contributed by atoms with van der Waals surface area (Å²) in [5, 5.41) is 6.99. The van der Waals surface area contributed by atoms with Crippen LogP contribution in [-0.4, -0.2) is 63.5 Å². The molecule has 1 N–H and O–H groups in total. The predicted octanol–water partition coefficient (Wildman–Crippen LogP) is 1.09. The molecule has 30 heavy (non-hydrogen) atoms. The molecule has 0 radical (unpaired) electrons. The van der Waals surface area contributed by atoms with Gasteiger partial charge >= 0.3 is 0 Å². The van der Waals surface area contributed by atoms with Crippen LogP contribution >= 0.6 is 0 Å². The standard InChI is InChI=1S/C20H23N7O3/c1-2-29-16-3-5-17(6-4-16)30-8-7-22-20(28)15-10-26(11-15)18-9-19(24-13-23-18)27-14-21-12-25-27/h3-6,9,12-15H,2,7-8,10-11H2,1H3,(H,22,28). The molecule has 1 amide bonds. The Hall–Kier alpha value is -3.69. The average molecular weight is 409 g/mol. The maximum atomic E-state index is 12.3. The lowest BCUT2D eigenvalue weighted by atomic mass is 9.99. The monoisotopic (exact) mass is 409 g/mol. The molecule has 1 aliphatic rings. The molecule has 0 spiro atoms. The molecule has 4 rings (SSSR count). The molecule has 0 unspecified atom stereocenters. The van der Waals surface area contributed by atoms with Crippen molar-refractivity contribution in [1.82, 2.24) is 30.0 Å². The van der Waals surface area contributed by atoms with Gasteiger partial charge in [0.05, 0.1) is 19.1 Å². The first kappa shape index (κ1) is 19.6. The maximum Gasteiger partial charge on any atom is 0.226 e. The number of benzene rings is 1. The van der Waals surface area contributed by atoms with Crippen LogP contribution in [0.25, 0.3) is 5.82 Å². The minimum Gasteiger partial charge on any atom is -0.494 e. The van der Waals surface area contributed by atoms with Crippen LogP contribution in [0.1, 0.15) is 6.92 Å². The molecular weight excluding hydrogens is 386 g/mol. The van der Waals surface area contributed by atoms with Crippen LogP contribution in [0.4, 0.5) is 5.82 Å².